The van der Waals surface area contributed by atoms with Crippen LogP contribution < -0.4 is 15.4 Å². The number of anilines is 1. The number of fused-ring (bicyclic) bond motifs is 1. The summed E-state index contributed by atoms with van der Waals surface area (Å²) in [6.07, 6.45) is 0.874. The van der Waals surface area contributed by atoms with E-state index in [1.807, 2.05) is 38.1 Å². The Hall–Kier alpha value is -2.91. The highest BCUT2D eigenvalue weighted by molar-refractivity contribution is 7.89. The number of benzene rings is 2. The van der Waals surface area contributed by atoms with Crippen molar-refractivity contribution in [2.24, 2.45) is 5.92 Å². The van der Waals surface area contributed by atoms with Crippen LogP contribution in [0, 0.1) is 12.8 Å². The Morgan fingerprint density at radius 2 is 1.91 bits per heavy atom. The van der Waals surface area contributed by atoms with Crippen molar-refractivity contribution in [3.63, 3.8) is 0 Å². The number of nitrogens with zero attached hydrogens (tertiary/aromatic N) is 1. The number of carbonyl (C=O) groups excluding carboxylic acids is 2. The molecule has 2 amide bonds. The van der Waals surface area contributed by atoms with E-state index in [1.165, 1.54) is 16.4 Å². The number of ether oxygens (including phenoxy) is 1. The van der Waals surface area contributed by atoms with Gasteiger partial charge in [-0.05, 0) is 55.5 Å². The van der Waals surface area contributed by atoms with E-state index in [0.29, 0.717) is 37.2 Å². The maximum absolute atomic E-state index is 13.2. The number of sulfonamides is 1. The molecule has 0 bridgehead atoms. The SMILES string of the molecule is CC[C@H]1Oc2ccc(S(=O)(=O)N3CCC(C(=O)NCc4ccccc4C)CC3)cc2NC1=O. The van der Waals surface area contributed by atoms with Crippen molar-refractivity contribution in [3.8, 4) is 5.75 Å². The highest BCUT2D eigenvalue weighted by Crippen LogP contribution is 2.34. The topological polar surface area (TPSA) is 105 Å². The van der Waals surface area contributed by atoms with Gasteiger partial charge in [-0.1, -0.05) is 31.2 Å². The summed E-state index contributed by atoms with van der Waals surface area (Å²) in [4.78, 5) is 24.8. The fourth-order valence-electron chi connectivity index (χ4n) is 4.20. The van der Waals surface area contributed by atoms with Gasteiger partial charge < -0.3 is 15.4 Å². The predicted molar refractivity (Wildman–Crippen MR) is 124 cm³/mol. The van der Waals surface area contributed by atoms with Crippen LogP contribution in [-0.4, -0.2) is 43.7 Å². The molecule has 1 fully saturated rings. The van der Waals surface area contributed by atoms with E-state index in [0.717, 1.165) is 11.1 Å². The number of amides is 2. The van der Waals surface area contributed by atoms with Crippen LogP contribution in [0.3, 0.4) is 0 Å². The first kappa shape index (κ1) is 23.3. The molecular weight excluding hydrogens is 442 g/mol. The first-order chi connectivity index (χ1) is 15.8. The lowest BCUT2D eigenvalue weighted by molar-refractivity contribution is -0.126. The lowest BCUT2D eigenvalue weighted by Gasteiger charge is -2.31. The van der Waals surface area contributed by atoms with Crippen molar-refractivity contribution in [1.29, 1.82) is 0 Å². The van der Waals surface area contributed by atoms with Gasteiger partial charge in [0.1, 0.15) is 5.75 Å². The number of aryl methyl sites for hydroxylation is 1. The number of hydrogen-bond donors (Lipinski definition) is 2. The standard InChI is InChI=1S/C24H29N3O5S/c1-3-21-24(29)26-20-14-19(8-9-22(20)32-21)33(30,31)27-12-10-17(11-13-27)23(28)25-15-18-7-5-4-6-16(18)2/h4-9,14,17,21H,3,10-13,15H2,1-2H3,(H,25,28)(H,26,29)/t21-/m1/s1. The quantitative estimate of drug-likeness (QED) is 0.674. The van der Waals surface area contributed by atoms with Gasteiger partial charge >= 0.3 is 0 Å². The van der Waals surface area contributed by atoms with Gasteiger partial charge in [0.05, 0.1) is 10.6 Å². The maximum Gasteiger partial charge on any atom is 0.265 e. The first-order valence-electron chi connectivity index (χ1n) is 11.2. The van der Waals surface area contributed by atoms with Gasteiger partial charge in [-0.15, -0.1) is 0 Å². The number of nitrogens with one attached hydrogen (secondary N) is 2. The summed E-state index contributed by atoms with van der Waals surface area (Å²) in [6.45, 7) is 4.85. The number of carbonyl (C=O) groups is 2. The minimum absolute atomic E-state index is 0.0468. The Morgan fingerprint density at radius 3 is 2.61 bits per heavy atom. The molecule has 2 aromatic carbocycles. The molecule has 2 aliphatic heterocycles. The number of hydrogen-bond acceptors (Lipinski definition) is 5. The molecule has 2 aromatic rings. The first-order valence-corrected chi connectivity index (χ1v) is 12.7. The molecule has 0 aromatic heterocycles. The van der Waals surface area contributed by atoms with E-state index >= 15 is 0 Å². The Morgan fingerprint density at radius 1 is 1.18 bits per heavy atom. The summed E-state index contributed by atoms with van der Waals surface area (Å²) in [5.74, 6) is -0.0846. The molecule has 33 heavy (non-hydrogen) atoms. The van der Waals surface area contributed by atoms with Crippen molar-refractivity contribution in [1.82, 2.24) is 9.62 Å². The Balaban J connectivity index is 1.37. The average molecular weight is 472 g/mol. The Bertz CT molecular complexity index is 1160. The third kappa shape index (κ3) is 4.89. The molecule has 2 heterocycles. The van der Waals surface area contributed by atoms with E-state index in [2.05, 4.69) is 10.6 Å². The van der Waals surface area contributed by atoms with Crippen LogP contribution in [-0.2, 0) is 26.2 Å². The molecule has 1 saturated heterocycles. The van der Waals surface area contributed by atoms with Crippen LogP contribution in [0.4, 0.5) is 5.69 Å². The zero-order valence-corrected chi connectivity index (χ0v) is 19.7. The van der Waals surface area contributed by atoms with E-state index < -0.39 is 16.1 Å². The highest BCUT2D eigenvalue weighted by atomic mass is 32.2. The number of rotatable bonds is 6. The molecule has 2 N–H and O–H groups in total. The highest BCUT2D eigenvalue weighted by Gasteiger charge is 2.33. The summed E-state index contributed by atoms with van der Waals surface area (Å²) in [6, 6.07) is 12.4. The second-order valence-corrected chi connectivity index (χ2v) is 10.4. The number of piperidine rings is 1. The fraction of sp³-hybridized carbons (Fsp3) is 0.417. The zero-order valence-electron chi connectivity index (χ0n) is 18.8. The summed E-state index contributed by atoms with van der Waals surface area (Å²) in [5, 5.41) is 5.71. The molecule has 8 nitrogen and oxygen atoms in total. The molecule has 2 aliphatic rings. The molecule has 0 unspecified atom stereocenters. The lowest BCUT2D eigenvalue weighted by Crippen LogP contribution is -2.43. The average Bonchev–Trinajstić information content (AvgIpc) is 2.82. The second kappa shape index (κ2) is 9.52. The molecule has 0 spiro atoms. The fourth-order valence-corrected chi connectivity index (χ4v) is 5.70. The van der Waals surface area contributed by atoms with Gasteiger partial charge in [0.15, 0.2) is 6.10 Å². The van der Waals surface area contributed by atoms with Gasteiger partial charge in [-0.2, -0.15) is 4.31 Å². The van der Waals surface area contributed by atoms with Gasteiger partial charge in [-0.3, -0.25) is 9.59 Å². The van der Waals surface area contributed by atoms with Gasteiger partial charge in [-0.25, -0.2) is 8.42 Å². The molecule has 4 rings (SSSR count). The van der Waals surface area contributed by atoms with Crippen molar-refractivity contribution in [2.45, 2.75) is 50.7 Å². The van der Waals surface area contributed by atoms with Crippen LogP contribution >= 0.6 is 0 Å². The molecule has 176 valence electrons. The summed E-state index contributed by atoms with van der Waals surface area (Å²) in [5.41, 5.74) is 2.55. The van der Waals surface area contributed by atoms with Crippen LogP contribution in [0.25, 0.3) is 0 Å². The van der Waals surface area contributed by atoms with E-state index in [4.69, 9.17) is 4.74 Å². The van der Waals surface area contributed by atoms with Crippen LogP contribution in [0.1, 0.15) is 37.3 Å². The smallest absolute Gasteiger partial charge is 0.265 e. The molecule has 9 heteroatoms. The third-order valence-electron chi connectivity index (χ3n) is 6.32. The Kier molecular flexibility index (Phi) is 6.71. The van der Waals surface area contributed by atoms with Crippen molar-refractivity contribution in [2.75, 3.05) is 18.4 Å². The summed E-state index contributed by atoms with van der Waals surface area (Å²) in [7, 11) is -3.75. The minimum atomic E-state index is -3.75. The zero-order chi connectivity index (χ0) is 23.6. The van der Waals surface area contributed by atoms with Crippen molar-refractivity contribution < 1.29 is 22.7 Å². The lowest BCUT2D eigenvalue weighted by atomic mass is 9.97. The molecule has 0 aliphatic carbocycles. The van der Waals surface area contributed by atoms with Crippen LogP contribution in [0.15, 0.2) is 47.4 Å². The molecule has 0 radical (unpaired) electrons. The summed E-state index contributed by atoms with van der Waals surface area (Å²) >= 11 is 0. The van der Waals surface area contributed by atoms with Crippen LogP contribution in [0.2, 0.25) is 0 Å². The molecular formula is C24H29N3O5S. The Labute approximate surface area is 194 Å². The van der Waals surface area contributed by atoms with Gasteiger partial charge in [0.2, 0.25) is 15.9 Å². The molecule has 1 atom stereocenters. The van der Waals surface area contributed by atoms with E-state index in [9.17, 15) is 18.0 Å². The normalized spacial score (nSPS) is 19.3. The van der Waals surface area contributed by atoms with Crippen molar-refractivity contribution >= 4 is 27.5 Å². The van der Waals surface area contributed by atoms with Gasteiger partial charge in [0, 0.05) is 25.6 Å². The monoisotopic (exact) mass is 471 g/mol. The summed E-state index contributed by atoms with van der Waals surface area (Å²) < 4.78 is 33.4. The predicted octanol–water partition coefficient (Wildman–Crippen LogP) is 2.82. The molecule has 0 saturated carbocycles. The van der Waals surface area contributed by atoms with E-state index in [-0.39, 0.29) is 35.7 Å². The van der Waals surface area contributed by atoms with Crippen molar-refractivity contribution in [3.05, 3.63) is 53.6 Å². The second-order valence-electron chi connectivity index (χ2n) is 8.48. The van der Waals surface area contributed by atoms with E-state index in [1.54, 1.807) is 6.07 Å². The third-order valence-corrected chi connectivity index (χ3v) is 8.21. The van der Waals surface area contributed by atoms with Crippen LogP contribution in [0.5, 0.6) is 5.75 Å². The van der Waals surface area contributed by atoms with Gasteiger partial charge in [0.25, 0.3) is 5.91 Å². The maximum atomic E-state index is 13.2. The minimum Gasteiger partial charge on any atom is -0.478 e. The largest absolute Gasteiger partial charge is 0.478 e.